The molecule has 26 heavy (non-hydrogen) atoms. The van der Waals surface area contributed by atoms with Gasteiger partial charge < -0.3 is 9.64 Å². The first-order chi connectivity index (χ1) is 12.5. The monoisotopic (exact) mass is 373 g/mol. The summed E-state index contributed by atoms with van der Waals surface area (Å²) in [7, 11) is 0. The average molecular weight is 374 g/mol. The molecule has 1 aromatic carbocycles. The van der Waals surface area contributed by atoms with Crippen molar-refractivity contribution in [3.8, 4) is 11.3 Å². The van der Waals surface area contributed by atoms with Gasteiger partial charge in [-0.25, -0.2) is 19.3 Å². The van der Waals surface area contributed by atoms with E-state index in [0.29, 0.717) is 53.1 Å². The molecule has 1 fully saturated rings. The number of anilines is 1. The maximum absolute atomic E-state index is 14.6. The fourth-order valence-electron chi connectivity index (χ4n) is 2.99. The number of aryl methyl sites for hydroxylation is 1. The van der Waals surface area contributed by atoms with Crippen molar-refractivity contribution in [2.24, 2.45) is 0 Å². The number of benzene rings is 1. The second kappa shape index (κ2) is 6.74. The van der Waals surface area contributed by atoms with Crippen LogP contribution in [0.25, 0.3) is 22.4 Å². The number of fused-ring (bicyclic) bond motifs is 1. The molecule has 0 aliphatic carbocycles. The molecule has 0 saturated carbocycles. The zero-order valence-corrected chi connectivity index (χ0v) is 15.2. The summed E-state index contributed by atoms with van der Waals surface area (Å²) in [6, 6.07) is 4.50. The van der Waals surface area contributed by atoms with E-state index in [1.807, 2.05) is 18.7 Å². The highest BCUT2D eigenvalue weighted by Crippen LogP contribution is 2.30. The Kier molecular flexibility index (Phi) is 4.42. The van der Waals surface area contributed by atoms with Gasteiger partial charge in [0.1, 0.15) is 17.0 Å². The van der Waals surface area contributed by atoms with E-state index in [4.69, 9.17) is 16.3 Å². The quantitative estimate of drug-likeness (QED) is 0.686. The second-order valence-corrected chi connectivity index (χ2v) is 6.74. The lowest BCUT2D eigenvalue weighted by Crippen LogP contribution is -2.42. The minimum Gasteiger partial charge on any atom is -0.375 e. The zero-order valence-electron chi connectivity index (χ0n) is 14.4. The van der Waals surface area contributed by atoms with Crippen molar-refractivity contribution in [1.29, 1.82) is 0 Å². The summed E-state index contributed by atoms with van der Waals surface area (Å²) in [5.41, 5.74) is 2.37. The zero-order chi connectivity index (χ0) is 18.3. The fraction of sp³-hybridized carbons (Fsp3) is 0.333. The summed E-state index contributed by atoms with van der Waals surface area (Å²) in [5.74, 6) is 0.0399. The van der Waals surface area contributed by atoms with E-state index in [1.165, 1.54) is 6.07 Å². The molecule has 2 aromatic heterocycles. The molecule has 3 aromatic rings. The molecule has 4 rings (SSSR count). The van der Waals surface area contributed by atoms with Crippen LogP contribution >= 0.6 is 11.6 Å². The molecule has 1 saturated heterocycles. The topological polar surface area (TPSA) is 64.0 Å². The van der Waals surface area contributed by atoms with E-state index in [-0.39, 0.29) is 6.10 Å². The Morgan fingerprint density at radius 3 is 2.88 bits per heavy atom. The second-order valence-electron chi connectivity index (χ2n) is 6.31. The molecule has 134 valence electrons. The van der Waals surface area contributed by atoms with Gasteiger partial charge in [0.2, 0.25) is 5.95 Å². The molecule has 1 aliphatic heterocycles. The lowest BCUT2D eigenvalue weighted by molar-refractivity contribution is 0.0526. The summed E-state index contributed by atoms with van der Waals surface area (Å²) in [4.78, 5) is 20.1. The van der Waals surface area contributed by atoms with Crippen molar-refractivity contribution in [3.63, 3.8) is 0 Å². The Balaban J connectivity index is 1.92. The van der Waals surface area contributed by atoms with Crippen LogP contribution in [0.5, 0.6) is 0 Å². The number of ether oxygens (including phenoxy) is 1. The Morgan fingerprint density at radius 2 is 2.12 bits per heavy atom. The van der Waals surface area contributed by atoms with Gasteiger partial charge in [-0.15, -0.1) is 0 Å². The number of halogens is 2. The number of aromatic nitrogens is 4. The third kappa shape index (κ3) is 3.20. The van der Waals surface area contributed by atoms with Crippen LogP contribution in [0.15, 0.2) is 24.4 Å². The van der Waals surface area contributed by atoms with E-state index < -0.39 is 5.82 Å². The van der Waals surface area contributed by atoms with E-state index in [0.717, 1.165) is 5.69 Å². The summed E-state index contributed by atoms with van der Waals surface area (Å²) in [5, 5.41) is 0.328. The van der Waals surface area contributed by atoms with Gasteiger partial charge in [-0.05, 0) is 32.0 Å². The summed E-state index contributed by atoms with van der Waals surface area (Å²) < 4.78 is 20.1. The predicted molar refractivity (Wildman–Crippen MR) is 97.9 cm³/mol. The van der Waals surface area contributed by atoms with Crippen molar-refractivity contribution in [2.45, 2.75) is 20.0 Å². The minimum absolute atomic E-state index is 0.0716. The normalized spacial score (nSPS) is 17.7. The van der Waals surface area contributed by atoms with Crippen LogP contribution in [0, 0.1) is 12.7 Å². The number of hydrogen-bond acceptors (Lipinski definition) is 6. The SMILES string of the molecule is Cc1cnc2c(-c3ccc(Cl)cc3F)nc(N3CCOC(C)C3)nc2n1. The van der Waals surface area contributed by atoms with Crippen LogP contribution in [0.2, 0.25) is 5.02 Å². The molecular formula is C18H17ClFN5O. The van der Waals surface area contributed by atoms with E-state index >= 15 is 0 Å². The molecule has 6 nitrogen and oxygen atoms in total. The first-order valence-electron chi connectivity index (χ1n) is 8.34. The Labute approximate surface area is 155 Å². The van der Waals surface area contributed by atoms with Crippen molar-refractivity contribution < 1.29 is 9.13 Å². The van der Waals surface area contributed by atoms with Crippen LogP contribution in [0.3, 0.4) is 0 Å². The number of nitrogens with zero attached hydrogens (tertiary/aromatic N) is 5. The minimum atomic E-state index is -0.457. The molecule has 1 unspecified atom stereocenters. The van der Waals surface area contributed by atoms with Gasteiger partial charge in [0.25, 0.3) is 0 Å². The molecule has 0 amide bonds. The van der Waals surface area contributed by atoms with Crippen molar-refractivity contribution in [1.82, 2.24) is 19.9 Å². The molecule has 0 bridgehead atoms. The lowest BCUT2D eigenvalue weighted by Gasteiger charge is -2.31. The van der Waals surface area contributed by atoms with Gasteiger partial charge in [-0.3, -0.25) is 0 Å². The Hall–Kier alpha value is -2.38. The molecular weight excluding hydrogens is 357 g/mol. The Morgan fingerprint density at radius 1 is 1.27 bits per heavy atom. The fourth-order valence-corrected chi connectivity index (χ4v) is 3.15. The van der Waals surface area contributed by atoms with Gasteiger partial charge in [-0.2, -0.15) is 4.98 Å². The van der Waals surface area contributed by atoms with Gasteiger partial charge in [0.15, 0.2) is 5.65 Å². The molecule has 3 heterocycles. The summed E-state index contributed by atoms with van der Waals surface area (Å²) in [6.07, 6.45) is 1.70. The molecule has 0 spiro atoms. The van der Waals surface area contributed by atoms with Crippen molar-refractivity contribution >= 4 is 28.7 Å². The van der Waals surface area contributed by atoms with E-state index in [9.17, 15) is 4.39 Å². The Bertz CT molecular complexity index is 983. The largest absolute Gasteiger partial charge is 0.375 e. The van der Waals surface area contributed by atoms with Crippen LogP contribution < -0.4 is 4.90 Å². The molecule has 8 heteroatoms. The summed E-state index contributed by atoms with van der Waals surface area (Å²) in [6.45, 7) is 5.75. The highest BCUT2D eigenvalue weighted by atomic mass is 35.5. The van der Waals surface area contributed by atoms with Gasteiger partial charge >= 0.3 is 0 Å². The van der Waals surface area contributed by atoms with Crippen LogP contribution in [-0.4, -0.2) is 45.7 Å². The third-order valence-electron chi connectivity index (χ3n) is 4.23. The molecule has 0 radical (unpaired) electrons. The van der Waals surface area contributed by atoms with Crippen LogP contribution in [0.4, 0.5) is 10.3 Å². The number of rotatable bonds is 2. The highest BCUT2D eigenvalue weighted by Gasteiger charge is 2.22. The summed E-state index contributed by atoms with van der Waals surface area (Å²) >= 11 is 5.89. The molecule has 1 atom stereocenters. The maximum atomic E-state index is 14.6. The van der Waals surface area contributed by atoms with Crippen LogP contribution in [0.1, 0.15) is 12.6 Å². The van der Waals surface area contributed by atoms with Gasteiger partial charge in [0, 0.05) is 29.9 Å². The molecule has 1 aliphatic rings. The van der Waals surface area contributed by atoms with E-state index in [1.54, 1.807) is 18.3 Å². The molecule has 0 N–H and O–H groups in total. The van der Waals surface area contributed by atoms with Crippen molar-refractivity contribution in [3.05, 3.63) is 40.9 Å². The highest BCUT2D eigenvalue weighted by molar-refractivity contribution is 6.30. The predicted octanol–water partition coefficient (Wildman–Crippen LogP) is 3.41. The van der Waals surface area contributed by atoms with Crippen molar-refractivity contribution in [2.75, 3.05) is 24.6 Å². The third-order valence-corrected chi connectivity index (χ3v) is 4.46. The first-order valence-corrected chi connectivity index (χ1v) is 8.72. The number of hydrogen-bond donors (Lipinski definition) is 0. The van der Waals surface area contributed by atoms with Gasteiger partial charge in [0.05, 0.1) is 18.4 Å². The average Bonchev–Trinajstić information content (AvgIpc) is 2.60. The first kappa shape index (κ1) is 17.1. The van der Waals surface area contributed by atoms with Gasteiger partial charge in [-0.1, -0.05) is 11.6 Å². The number of morpholine rings is 1. The maximum Gasteiger partial charge on any atom is 0.228 e. The standard InChI is InChI=1S/C18H17ClFN5O/c1-10-8-21-16-15(13-4-3-12(19)7-14(13)20)23-18(24-17(16)22-10)25-5-6-26-11(2)9-25/h3-4,7-8,11H,5-6,9H2,1-2H3. The van der Waals surface area contributed by atoms with E-state index in [2.05, 4.69) is 19.9 Å². The lowest BCUT2D eigenvalue weighted by atomic mass is 10.1. The smallest absolute Gasteiger partial charge is 0.228 e. The van der Waals surface area contributed by atoms with Crippen LogP contribution in [-0.2, 0) is 4.74 Å².